The number of hydrogen-bond donors (Lipinski definition) is 1. The minimum atomic E-state index is -0.421. The van der Waals surface area contributed by atoms with Crippen molar-refractivity contribution >= 4 is 23.6 Å². The zero-order chi connectivity index (χ0) is 19.4. The Morgan fingerprint density at radius 1 is 0.963 bits per heavy atom. The number of carbonyl (C=O) groups excluding carboxylic acids is 4. The second-order valence-electron chi connectivity index (χ2n) is 6.75. The SMILES string of the molecule is CCCNC(=O)CN1CCN(C(=O)CN2C(=O)c3ccccc3C2=O)CC1. The summed E-state index contributed by atoms with van der Waals surface area (Å²) in [5, 5.41) is 2.84. The first-order chi connectivity index (χ1) is 13.0. The van der Waals surface area contributed by atoms with E-state index in [-0.39, 0.29) is 18.4 Å². The summed E-state index contributed by atoms with van der Waals surface area (Å²) in [6, 6.07) is 6.60. The van der Waals surface area contributed by atoms with E-state index in [0.29, 0.717) is 50.4 Å². The molecule has 2 aliphatic heterocycles. The topological polar surface area (TPSA) is 90.0 Å². The number of carbonyl (C=O) groups is 4. The van der Waals surface area contributed by atoms with Crippen LogP contribution < -0.4 is 5.32 Å². The highest BCUT2D eigenvalue weighted by Crippen LogP contribution is 2.22. The van der Waals surface area contributed by atoms with Crippen LogP contribution in [-0.2, 0) is 9.59 Å². The molecular formula is C19H24N4O4. The molecule has 0 spiro atoms. The van der Waals surface area contributed by atoms with Crippen LogP contribution in [0.1, 0.15) is 34.1 Å². The fraction of sp³-hybridized carbons (Fsp3) is 0.474. The molecule has 144 valence electrons. The van der Waals surface area contributed by atoms with Gasteiger partial charge < -0.3 is 10.2 Å². The van der Waals surface area contributed by atoms with Gasteiger partial charge in [-0.2, -0.15) is 0 Å². The Hall–Kier alpha value is -2.74. The lowest BCUT2D eigenvalue weighted by molar-refractivity contribution is -0.133. The molecule has 3 rings (SSSR count). The minimum absolute atomic E-state index is 0.0114. The van der Waals surface area contributed by atoms with Gasteiger partial charge in [0.05, 0.1) is 17.7 Å². The van der Waals surface area contributed by atoms with E-state index < -0.39 is 11.8 Å². The molecule has 1 N–H and O–H groups in total. The number of imide groups is 1. The van der Waals surface area contributed by atoms with Crippen molar-refractivity contribution in [2.75, 3.05) is 45.8 Å². The van der Waals surface area contributed by atoms with Gasteiger partial charge in [0.15, 0.2) is 0 Å². The molecule has 8 nitrogen and oxygen atoms in total. The Labute approximate surface area is 158 Å². The molecule has 0 radical (unpaired) electrons. The number of hydrogen-bond acceptors (Lipinski definition) is 5. The zero-order valence-electron chi connectivity index (χ0n) is 15.4. The van der Waals surface area contributed by atoms with E-state index in [1.54, 1.807) is 29.2 Å². The van der Waals surface area contributed by atoms with Crippen LogP contribution in [0.15, 0.2) is 24.3 Å². The van der Waals surface area contributed by atoms with Crippen molar-refractivity contribution in [3.63, 3.8) is 0 Å². The van der Waals surface area contributed by atoms with Crippen molar-refractivity contribution < 1.29 is 19.2 Å². The first-order valence-electron chi connectivity index (χ1n) is 9.23. The van der Waals surface area contributed by atoms with Gasteiger partial charge in [0.2, 0.25) is 11.8 Å². The summed E-state index contributed by atoms with van der Waals surface area (Å²) in [6.07, 6.45) is 0.895. The third-order valence-electron chi connectivity index (χ3n) is 4.84. The molecule has 27 heavy (non-hydrogen) atoms. The van der Waals surface area contributed by atoms with Gasteiger partial charge in [-0.1, -0.05) is 19.1 Å². The molecule has 2 aliphatic rings. The van der Waals surface area contributed by atoms with Gasteiger partial charge in [0.1, 0.15) is 6.54 Å². The highest BCUT2D eigenvalue weighted by molar-refractivity contribution is 6.22. The minimum Gasteiger partial charge on any atom is -0.355 e. The molecular weight excluding hydrogens is 348 g/mol. The normalized spacial score (nSPS) is 17.2. The van der Waals surface area contributed by atoms with E-state index in [0.717, 1.165) is 11.3 Å². The van der Waals surface area contributed by atoms with Crippen molar-refractivity contribution in [2.45, 2.75) is 13.3 Å². The van der Waals surface area contributed by atoms with Crippen LogP contribution in [0.25, 0.3) is 0 Å². The van der Waals surface area contributed by atoms with Gasteiger partial charge in [0.25, 0.3) is 11.8 Å². The number of piperazine rings is 1. The maximum absolute atomic E-state index is 12.5. The van der Waals surface area contributed by atoms with Crippen molar-refractivity contribution in [3.8, 4) is 0 Å². The smallest absolute Gasteiger partial charge is 0.262 e. The van der Waals surface area contributed by atoms with Crippen molar-refractivity contribution in [1.29, 1.82) is 0 Å². The Kier molecular flexibility index (Phi) is 5.85. The Balaban J connectivity index is 1.50. The highest BCUT2D eigenvalue weighted by Gasteiger charge is 2.37. The number of amides is 4. The third-order valence-corrected chi connectivity index (χ3v) is 4.84. The number of benzene rings is 1. The van der Waals surface area contributed by atoms with Crippen LogP contribution in [0.2, 0.25) is 0 Å². The lowest BCUT2D eigenvalue weighted by Gasteiger charge is -2.34. The second-order valence-corrected chi connectivity index (χ2v) is 6.75. The van der Waals surface area contributed by atoms with Crippen LogP contribution in [0.5, 0.6) is 0 Å². The Bertz CT molecular complexity index is 721. The largest absolute Gasteiger partial charge is 0.355 e. The molecule has 1 saturated heterocycles. The van der Waals surface area contributed by atoms with E-state index in [1.807, 2.05) is 11.8 Å². The van der Waals surface area contributed by atoms with E-state index in [1.165, 1.54) is 0 Å². The molecule has 2 heterocycles. The summed E-state index contributed by atoms with van der Waals surface area (Å²) in [5.74, 6) is -1.10. The summed E-state index contributed by atoms with van der Waals surface area (Å²) in [5.41, 5.74) is 0.691. The lowest BCUT2D eigenvalue weighted by atomic mass is 10.1. The van der Waals surface area contributed by atoms with E-state index in [2.05, 4.69) is 5.32 Å². The highest BCUT2D eigenvalue weighted by atomic mass is 16.2. The first-order valence-corrected chi connectivity index (χ1v) is 9.23. The summed E-state index contributed by atoms with van der Waals surface area (Å²) in [6.45, 7) is 4.87. The standard InChI is InChI=1S/C19H24N4O4/c1-2-7-20-16(24)12-21-8-10-22(11-9-21)17(25)13-23-18(26)14-5-3-4-6-15(14)19(23)27/h3-6H,2,7-13H2,1H3,(H,20,24). The van der Waals surface area contributed by atoms with Crippen LogP contribution in [0.3, 0.4) is 0 Å². The van der Waals surface area contributed by atoms with E-state index in [4.69, 9.17) is 0 Å². The monoisotopic (exact) mass is 372 g/mol. The Morgan fingerprint density at radius 2 is 1.56 bits per heavy atom. The summed E-state index contributed by atoms with van der Waals surface area (Å²) < 4.78 is 0. The fourth-order valence-electron chi connectivity index (χ4n) is 3.30. The van der Waals surface area contributed by atoms with Crippen molar-refractivity contribution in [1.82, 2.24) is 20.0 Å². The number of nitrogens with zero attached hydrogens (tertiary/aromatic N) is 3. The van der Waals surface area contributed by atoms with Crippen LogP contribution >= 0.6 is 0 Å². The average Bonchev–Trinajstić information content (AvgIpc) is 2.92. The number of rotatable bonds is 6. The van der Waals surface area contributed by atoms with Gasteiger partial charge in [-0.15, -0.1) is 0 Å². The molecule has 1 aromatic carbocycles. The molecule has 0 atom stereocenters. The van der Waals surface area contributed by atoms with Crippen molar-refractivity contribution in [3.05, 3.63) is 35.4 Å². The van der Waals surface area contributed by atoms with Crippen LogP contribution in [0.4, 0.5) is 0 Å². The lowest BCUT2D eigenvalue weighted by Crippen LogP contribution is -2.53. The predicted octanol–water partition coefficient (Wildman–Crippen LogP) is -0.0470. The summed E-state index contributed by atoms with van der Waals surface area (Å²) in [4.78, 5) is 53.7. The Morgan fingerprint density at radius 3 is 2.11 bits per heavy atom. The molecule has 1 fully saturated rings. The zero-order valence-corrected chi connectivity index (χ0v) is 15.4. The molecule has 0 saturated carbocycles. The van der Waals surface area contributed by atoms with Gasteiger partial charge in [0, 0.05) is 32.7 Å². The second kappa shape index (κ2) is 8.30. The van der Waals surface area contributed by atoms with E-state index in [9.17, 15) is 19.2 Å². The molecule has 4 amide bonds. The molecule has 1 aromatic rings. The van der Waals surface area contributed by atoms with Gasteiger partial charge in [-0.25, -0.2) is 0 Å². The average molecular weight is 372 g/mol. The maximum atomic E-state index is 12.5. The molecule has 8 heteroatoms. The fourth-order valence-corrected chi connectivity index (χ4v) is 3.30. The van der Waals surface area contributed by atoms with Crippen molar-refractivity contribution in [2.24, 2.45) is 0 Å². The van der Waals surface area contributed by atoms with Gasteiger partial charge >= 0.3 is 0 Å². The van der Waals surface area contributed by atoms with Crippen LogP contribution in [0, 0.1) is 0 Å². The van der Waals surface area contributed by atoms with Gasteiger partial charge in [-0.3, -0.25) is 29.0 Å². The number of nitrogens with one attached hydrogen (secondary N) is 1. The summed E-state index contributed by atoms with van der Waals surface area (Å²) in [7, 11) is 0. The summed E-state index contributed by atoms with van der Waals surface area (Å²) >= 11 is 0. The first kappa shape index (κ1) is 19.0. The van der Waals surface area contributed by atoms with E-state index >= 15 is 0 Å². The molecule has 0 unspecified atom stereocenters. The maximum Gasteiger partial charge on any atom is 0.262 e. The third kappa shape index (κ3) is 4.16. The quantitative estimate of drug-likeness (QED) is 0.708. The van der Waals surface area contributed by atoms with Crippen LogP contribution in [-0.4, -0.2) is 84.1 Å². The van der Waals surface area contributed by atoms with Gasteiger partial charge in [-0.05, 0) is 18.6 Å². The number of fused-ring (bicyclic) bond motifs is 1. The molecule has 0 bridgehead atoms. The molecule has 0 aromatic heterocycles. The molecule has 0 aliphatic carbocycles. The predicted molar refractivity (Wildman–Crippen MR) is 98.1 cm³/mol.